The number of hydrogen-bond acceptors (Lipinski definition) is 6. The highest BCUT2D eigenvalue weighted by atomic mass is 35.5. The molecular formula is C28H21ClF2N4O6S2. The second-order valence-corrected chi connectivity index (χ2v) is 13.3. The van der Waals surface area contributed by atoms with Gasteiger partial charge in [-0.2, -0.15) is 0 Å². The number of fused-ring (bicyclic) bond motifs is 1. The SMILES string of the molecule is CS(=O)(=O)Nc1cccc(S(=O)(=O)NC(=O)c2c(-c3ccc[nH]c3=O)c3cc(Cl)ccc3n2Cc2ccc(F)cc2F)c1. The second-order valence-electron chi connectivity index (χ2n) is 9.46. The fraction of sp³-hybridized carbons (Fsp3) is 0.0714. The van der Waals surface area contributed by atoms with E-state index in [1.54, 1.807) is 0 Å². The molecule has 2 heterocycles. The van der Waals surface area contributed by atoms with Crippen molar-refractivity contribution in [3.63, 3.8) is 0 Å². The summed E-state index contributed by atoms with van der Waals surface area (Å²) in [4.78, 5) is 28.9. The number of H-pyrrole nitrogens is 1. The lowest BCUT2D eigenvalue weighted by atomic mass is 10.0. The maximum Gasteiger partial charge on any atom is 0.282 e. The number of aromatic amines is 1. The van der Waals surface area contributed by atoms with Crippen LogP contribution >= 0.6 is 11.6 Å². The van der Waals surface area contributed by atoms with E-state index in [1.807, 2.05) is 4.72 Å². The van der Waals surface area contributed by atoms with Crippen LogP contribution in [0.5, 0.6) is 0 Å². The van der Waals surface area contributed by atoms with Gasteiger partial charge < -0.3 is 9.55 Å². The summed E-state index contributed by atoms with van der Waals surface area (Å²) in [6, 6.07) is 15.1. The van der Waals surface area contributed by atoms with Gasteiger partial charge in [-0.15, -0.1) is 0 Å². The van der Waals surface area contributed by atoms with Gasteiger partial charge >= 0.3 is 0 Å². The van der Waals surface area contributed by atoms with Crippen LogP contribution in [0.2, 0.25) is 5.02 Å². The molecule has 222 valence electrons. The van der Waals surface area contributed by atoms with Crippen LogP contribution in [0.1, 0.15) is 16.1 Å². The fourth-order valence-corrected chi connectivity index (χ4v) is 6.33. The van der Waals surface area contributed by atoms with Crippen LogP contribution in [-0.4, -0.2) is 38.5 Å². The Hall–Kier alpha value is -4.53. The van der Waals surface area contributed by atoms with Crippen molar-refractivity contribution in [2.45, 2.75) is 11.4 Å². The van der Waals surface area contributed by atoms with E-state index in [0.717, 1.165) is 24.5 Å². The van der Waals surface area contributed by atoms with Crippen LogP contribution in [-0.2, 0) is 26.6 Å². The van der Waals surface area contributed by atoms with Gasteiger partial charge in [0.1, 0.15) is 17.3 Å². The maximum atomic E-state index is 14.8. The van der Waals surface area contributed by atoms with Gasteiger partial charge in [-0.1, -0.05) is 23.7 Å². The molecule has 5 rings (SSSR count). The average Bonchev–Trinajstić information content (AvgIpc) is 3.22. The molecule has 5 aromatic rings. The number of pyridine rings is 1. The lowest BCUT2D eigenvalue weighted by Crippen LogP contribution is -2.33. The molecule has 15 heteroatoms. The van der Waals surface area contributed by atoms with E-state index in [4.69, 9.17) is 11.6 Å². The van der Waals surface area contributed by atoms with Crippen LogP contribution in [0.15, 0.2) is 88.7 Å². The van der Waals surface area contributed by atoms with Crippen LogP contribution in [0.4, 0.5) is 14.5 Å². The second kappa shape index (κ2) is 11.3. The first-order valence-electron chi connectivity index (χ1n) is 12.3. The van der Waals surface area contributed by atoms with E-state index in [9.17, 15) is 35.2 Å². The molecule has 3 N–H and O–H groups in total. The third-order valence-electron chi connectivity index (χ3n) is 6.35. The normalized spacial score (nSPS) is 11.9. The van der Waals surface area contributed by atoms with Crippen molar-refractivity contribution in [1.29, 1.82) is 0 Å². The predicted molar refractivity (Wildman–Crippen MR) is 158 cm³/mol. The van der Waals surface area contributed by atoms with Crippen LogP contribution in [0.3, 0.4) is 0 Å². The summed E-state index contributed by atoms with van der Waals surface area (Å²) < 4.78 is 83.9. The quantitative estimate of drug-likeness (QED) is 0.227. The summed E-state index contributed by atoms with van der Waals surface area (Å²) in [5, 5.41) is 0.523. The first-order chi connectivity index (χ1) is 20.2. The van der Waals surface area contributed by atoms with Gasteiger partial charge in [0.25, 0.3) is 21.5 Å². The minimum absolute atomic E-state index is 0.00464. The lowest BCUT2D eigenvalue weighted by Gasteiger charge is -2.14. The van der Waals surface area contributed by atoms with Gasteiger partial charge in [-0.05, 0) is 54.6 Å². The third kappa shape index (κ3) is 6.30. The van der Waals surface area contributed by atoms with Gasteiger partial charge in [0.2, 0.25) is 10.0 Å². The monoisotopic (exact) mass is 646 g/mol. The minimum atomic E-state index is -4.63. The fourth-order valence-electron chi connectivity index (χ4n) is 4.61. The van der Waals surface area contributed by atoms with Crippen molar-refractivity contribution >= 4 is 54.1 Å². The summed E-state index contributed by atoms with van der Waals surface area (Å²) in [5.74, 6) is -2.92. The van der Waals surface area contributed by atoms with Gasteiger partial charge in [0.15, 0.2) is 0 Å². The number of amides is 1. The largest absolute Gasteiger partial charge is 0.331 e. The zero-order valence-electron chi connectivity index (χ0n) is 22.1. The summed E-state index contributed by atoms with van der Waals surface area (Å²) in [5.41, 5.74) is -0.717. The van der Waals surface area contributed by atoms with Crippen molar-refractivity contribution in [2.75, 3.05) is 11.0 Å². The number of nitrogens with zero attached hydrogens (tertiary/aromatic N) is 1. The summed E-state index contributed by atoms with van der Waals surface area (Å²) in [6.07, 6.45) is 2.26. The maximum absolute atomic E-state index is 14.8. The standard InChI is InChI=1S/C28H21ClF2N4O6S2/c1-42(38,39)33-19-4-2-5-20(14-19)43(40,41)34-28(37)26-25(21-6-3-11-32-27(21)36)22-12-17(29)8-10-24(22)35(26)15-16-7-9-18(30)13-23(16)31/h2-14,33H,15H2,1H3,(H,32,36)(H,34,37). The van der Waals surface area contributed by atoms with Gasteiger partial charge in [-0.25, -0.2) is 30.3 Å². The minimum Gasteiger partial charge on any atom is -0.331 e. The van der Waals surface area contributed by atoms with Crippen molar-refractivity contribution in [3.8, 4) is 11.1 Å². The summed E-state index contributed by atoms with van der Waals surface area (Å²) in [7, 11) is -8.37. The van der Waals surface area contributed by atoms with E-state index in [-0.39, 0.29) is 45.0 Å². The van der Waals surface area contributed by atoms with E-state index >= 15 is 0 Å². The molecule has 1 amide bonds. The third-order valence-corrected chi connectivity index (χ3v) is 8.52. The van der Waals surface area contributed by atoms with Gasteiger partial charge in [-0.3, -0.25) is 14.3 Å². The number of carbonyl (C=O) groups is 1. The molecule has 2 aromatic heterocycles. The molecule has 0 spiro atoms. The van der Waals surface area contributed by atoms with Gasteiger partial charge in [0.05, 0.1) is 17.7 Å². The predicted octanol–water partition coefficient (Wildman–Crippen LogP) is 4.47. The Morgan fingerprint density at radius 1 is 0.977 bits per heavy atom. The molecular weight excluding hydrogens is 626 g/mol. The molecule has 0 saturated heterocycles. The summed E-state index contributed by atoms with van der Waals surface area (Å²) >= 11 is 6.27. The number of rotatable bonds is 8. The molecule has 0 radical (unpaired) electrons. The Balaban J connectivity index is 1.72. The first-order valence-corrected chi connectivity index (χ1v) is 16.1. The Bertz CT molecular complexity index is 2200. The molecule has 3 aromatic carbocycles. The van der Waals surface area contributed by atoms with Crippen LogP contribution in [0.25, 0.3) is 22.0 Å². The number of nitrogens with one attached hydrogen (secondary N) is 3. The van der Waals surface area contributed by atoms with E-state index in [0.29, 0.717) is 11.6 Å². The highest BCUT2D eigenvalue weighted by Crippen LogP contribution is 2.36. The lowest BCUT2D eigenvalue weighted by molar-refractivity contribution is 0.0974. The van der Waals surface area contributed by atoms with E-state index < -0.39 is 48.0 Å². The highest BCUT2D eigenvalue weighted by Gasteiger charge is 2.29. The Morgan fingerprint density at radius 2 is 1.74 bits per heavy atom. The molecule has 0 aliphatic carbocycles. The van der Waals surface area contributed by atoms with Gasteiger partial charge in [0, 0.05) is 50.6 Å². The first kappa shape index (κ1) is 29.9. The number of benzene rings is 3. The smallest absolute Gasteiger partial charge is 0.282 e. The molecule has 0 saturated carbocycles. The molecule has 0 bridgehead atoms. The molecule has 0 aliphatic heterocycles. The number of halogens is 3. The topological polar surface area (TPSA) is 147 Å². The van der Waals surface area contributed by atoms with Crippen LogP contribution < -0.4 is 15.0 Å². The molecule has 10 nitrogen and oxygen atoms in total. The zero-order valence-corrected chi connectivity index (χ0v) is 24.4. The average molecular weight is 647 g/mol. The summed E-state index contributed by atoms with van der Waals surface area (Å²) in [6.45, 7) is -0.356. The molecule has 0 aliphatic rings. The molecule has 0 fully saturated rings. The van der Waals surface area contributed by atoms with Crippen molar-refractivity contribution in [1.82, 2.24) is 14.3 Å². The van der Waals surface area contributed by atoms with Crippen molar-refractivity contribution in [2.24, 2.45) is 0 Å². The highest BCUT2D eigenvalue weighted by molar-refractivity contribution is 7.92. The number of hydrogen-bond donors (Lipinski definition) is 3. The Morgan fingerprint density at radius 3 is 2.44 bits per heavy atom. The number of sulfonamides is 2. The zero-order chi connectivity index (χ0) is 31.1. The Kier molecular flexibility index (Phi) is 7.86. The number of aromatic nitrogens is 2. The van der Waals surface area contributed by atoms with Crippen molar-refractivity contribution < 1.29 is 30.4 Å². The number of carbonyl (C=O) groups excluding carboxylic acids is 1. The molecule has 0 unspecified atom stereocenters. The van der Waals surface area contributed by atoms with E-state index in [2.05, 4.69) is 9.71 Å². The number of anilines is 1. The van der Waals surface area contributed by atoms with Crippen LogP contribution in [0, 0.1) is 11.6 Å². The van der Waals surface area contributed by atoms with Crippen molar-refractivity contribution in [3.05, 3.63) is 117 Å². The molecule has 43 heavy (non-hydrogen) atoms. The van der Waals surface area contributed by atoms with E-state index in [1.165, 1.54) is 59.3 Å². The molecule has 0 atom stereocenters. The Labute approximate surface area is 249 Å².